The summed E-state index contributed by atoms with van der Waals surface area (Å²) in [6.45, 7) is 1.53. The lowest BCUT2D eigenvalue weighted by atomic mass is 9.95. The second-order valence-electron chi connectivity index (χ2n) is 5.22. The van der Waals surface area contributed by atoms with Gasteiger partial charge in [0.2, 0.25) is 0 Å². The molecule has 0 radical (unpaired) electrons. The molecule has 20 heavy (non-hydrogen) atoms. The average molecular weight is 270 g/mol. The van der Waals surface area contributed by atoms with Crippen LogP contribution in [0.1, 0.15) is 34.9 Å². The van der Waals surface area contributed by atoms with Gasteiger partial charge in [0.15, 0.2) is 0 Å². The van der Waals surface area contributed by atoms with Crippen LogP contribution in [0.2, 0.25) is 0 Å². The molecule has 2 aromatic rings. The molecule has 0 unspecified atom stereocenters. The van der Waals surface area contributed by atoms with E-state index in [1.165, 1.54) is 0 Å². The van der Waals surface area contributed by atoms with Crippen LogP contribution in [0.15, 0.2) is 36.7 Å². The van der Waals surface area contributed by atoms with Crippen LogP contribution in [-0.2, 0) is 7.05 Å². The van der Waals surface area contributed by atoms with Gasteiger partial charge in [-0.25, -0.2) is 0 Å². The lowest BCUT2D eigenvalue weighted by molar-refractivity contribution is 0.0700. The van der Waals surface area contributed by atoms with Crippen LogP contribution >= 0.6 is 0 Å². The lowest BCUT2D eigenvalue weighted by Gasteiger charge is -2.31. The van der Waals surface area contributed by atoms with Gasteiger partial charge in [0.1, 0.15) is 5.69 Å². The second-order valence-corrected chi connectivity index (χ2v) is 5.22. The summed E-state index contributed by atoms with van der Waals surface area (Å²) < 4.78 is 1.81. The molecule has 5 heteroatoms. The minimum absolute atomic E-state index is 0.0197. The molecule has 0 saturated carbocycles. The molecule has 1 saturated heterocycles. The average Bonchev–Trinajstić information content (AvgIpc) is 2.94. The van der Waals surface area contributed by atoms with Crippen LogP contribution in [0.25, 0.3) is 0 Å². The standard InChI is InChI=1S/C15H18N4O/c1-18-10-7-13(17-18)12-5-4-9-19(11-12)15(20)14-6-2-3-8-16-14/h2-3,6-8,10,12H,4-5,9,11H2,1H3/t12-/m1/s1. The van der Waals surface area contributed by atoms with E-state index in [2.05, 4.69) is 10.1 Å². The smallest absolute Gasteiger partial charge is 0.272 e. The number of carbonyl (C=O) groups excluding carboxylic acids is 1. The Labute approximate surface area is 118 Å². The molecule has 2 aromatic heterocycles. The number of piperidine rings is 1. The number of rotatable bonds is 2. The number of aromatic nitrogens is 3. The Balaban J connectivity index is 1.74. The first kappa shape index (κ1) is 12.8. The van der Waals surface area contributed by atoms with E-state index in [1.807, 2.05) is 41.0 Å². The topological polar surface area (TPSA) is 51.0 Å². The molecule has 1 fully saturated rings. The maximum absolute atomic E-state index is 12.4. The Bertz CT molecular complexity index is 593. The van der Waals surface area contributed by atoms with E-state index < -0.39 is 0 Å². The van der Waals surface area contributed by atoms with Crippen LogP contribution in [0.4, 0.5) is 0 Å². The van der Waals surface area contributed by atoms with Crippen molar-refractivity contribution >= 4 is 5.91 Å². The van der Waals surface area contributed by atoms with Gasteiger partial charge in [-0.3, -0.25) is 14.5 Å². The molecule has 0 bridgehead atoms. The fourth-order valence-electron chi connectivity index (χ4n) is 2.71. The van der Waals surface area contributed by atoms with Gasteiger partial charge < -0.3 is 4.90 Å². The van der Waals surface area contributed by atoms with Crippen molar-refractivity contribution in [1.29, 1.82) is 0 Å². The molecule has 1 aliphatic rings. The summed E-state index contributed by atoms with van der Waals surface area (Å²) in [5.74, 6) is 0.351. The molecule has 1 aliphatic heterocycles. The molecule has 3 heterocycles. The summed E-state index contributed by atoms with van der Waals surface area (Å²) in [5.41, 5.74) is 1.60. The van der Waals surface area contributed by atoms with Crippen LogP contribution < -0.4 is 0 Å². The minimum Gasteiger partial charge on any atom is -0.337 e. The van der Waals surface area contributed by atoms with Gasteiger partial charge in [-0.2, -0.15) is 5.10 Å². The second kappa shape index (κ2) is 5.45. The molecule has 104 valence electrons. The van der Waals surface area contributed by atoms with E-state index in [0.717, 1.165) is 31.6 Å². The molecule has 0 aromatic carbocycles. The van der Waals surface area contributed by atoms with Crippen molar-refractivity contribution in [2.75, 3.05) is 13.1 Å². The number of amides is 1. The maximum atomic E-state index is 12.4. The summed E-state index contributed by atoms with van der Waals surface area (Å²) >= 11 is 0. The third-order valence-corrected chi connectivity index (χ3v) is 3.75. The zero-order valence-electron chi connectivity index (χ0n) is 11.6. The van der Waals surface area contributed by atoms with Crippen molar-refractivity contribution < 1.29 is 4.79 Å². The van der Waals surface area contributed by atoms with Crippen molar-refractivity contribution in [2.45, 2.75) is 18.8 Å². The normalized spacial score (nSPS) is 19.1. The van der Waals surface area contributed by atoms with Gasteiger partial charge in [0.25, 0.3) is 5.91 Å². The summed E-state index contributed by atoms with van der Waals surface area (Å²) in [4.78, 5) is 18.5. The van der Waals surface area contributed by atoms with Crippen LogP contribution in [-0.4, -0.2) is 38.7 Å². The molecule has 3 rings (SSSR count). The number of hydrogen-bond acceptors (Lipinski definition) is 3. The SMILES string of the molecule is Cn1ccc([C@@H]2CCCN(C(=O)c3ccccn3)C2)n1. The van der Waals surface area contributed by atoms with E-state index in [0.29, 0.717) is 11.6 Å². The van der Waals surface area contributed by atoms with Crippen LogP contribution in [0.5, 0.6) is 0 Å². The van der Waals surface area contributed by atoms with E-state index >= 15 is 0 Å². The predicted octanol–water partition coefficient (Wildman–Crippen LogP) is 1.83. The summed E-state index contributed by atoms with van der Waals surface area (Å²) in [5, 5.41) is 4.46. The van der Waals surface area contributed by atoms with E-state index in [1.54, 1.807) is 12.3 Å². The van der Waals surface area contributed by atoms with Crippen molar-refractivity contribution in [2.24, 2.45) is 7.05 Å². The minimum atomic E-state index is 0.0197. The first-order chi connectivity index (χ1) is 9.74. The Morgan fingerprint density at radius 1 is 1.35 bits per heavy atom. The number of aryl methyl sites for hydroxylation is 1. The van der Waals surface area contributed by atoms with E-state index in [9.17, 15) is 4.79 Å². The molecule has 0 aliphatic carbocycles. The third-order valence-electron chi connectivity index (χ3n) is 3.75. The molecular weight excluding hydrogens is 252 g/mol. The first-order valence-electron chi connectivity index (χ1n) is 6.94. The van der Waals surface area contributed by atoms with E-state index in [-0.39, 0.29) is 5.91 Å². The Morgan fingerprint density at radius 2 is 2.25 bits per heavy atom. The fourth-order valence-corrected chi connectivity index (χ4v) is 2.71. The number of carbonyl (C=O) groups is 1. The van der Waals surface area contributed by atoms with Gasteiger partial charge >= 0.3 is 0 Å². The van der Waals surface area contributed by atoms with Gasteiger partial charge in [0, 0.05) is 38.4 Å². The highest BCUT2D eigenvalue weighted by molar-refractivity contribution is 5.92. The number of likely N-dealkylation sites (tertiary alicyclic amines) is 1. The summed E-state index contributed by atoms with van der Waals surface area (Å²) in [6.07, 6.45) is 5.71. The summed E-state index contributed by atoms with van der Waals surface area (Å²) in [7, 11) is 1.92. The van der Waals surface area contributed by atoms with Crippen molar-refractivity contribution in [1.82, 2.24) is 19.7 Å². The number of pyridine rings is 1. The van der Waals surface area contributed by atoms with Gasteiger partial charge in [-0.05, 0) is 31.0 Å². The van der Waals surface area contributed by atoms with Crippen LogP contribution in [0.3, 0.4) is 0 Å². The molecule has 1 amide bonds. The molecule has 0 N–H and O–H groups in total. The molecular formula is C15H18N4O. The molecule has 1 atom stereocenters. The van der Waals surface area contributed by atoms with Crippen molar-refractivity contribution in [3.63, 3.8) is 0 Å². The zero-order chi connectivity index (χ0) is 13.9. The molecule has 0 spiro atoms. The molecule has 5 nitrogen and oxygen atoms in total. The fraction of sp³-hybridized carbons (Fsp3) is 0.400. The highest BCUT2D eigenvalue weighted by Crippen LogP contribution is 2.26. The predicted molar refractivity (Wildman–Crippen MR) is 75.3 cm³/mol. The maximum Gasteiger partial charge on any atom is 0.272 e. The highest BCUT2D eigenvalue weighted by Gasteiger charge is 2.27. The Kier molecular flexibility index (Phi) is 3.50. The monoisotopic (exact) mass is 270 g/mol. The number of hydrogen-bond donors (Lipinski definition) is 0. The van der Waals surface area contributed by atoms with Gasteiger partial charge in [0.05, 0.1) is 5.69 Å². The van der Waals surface area contributed by atoms with Crippen LogP contribution in [0, 0.1) is 0 Å². The Morgan fingerprint density at radius 3 is 2.95 bits per heavy atom. The van der Waals surface area contributed by atoms with Crippen molar-refractivity contribution in [3.8, 4) is 0 Å². The van der Waals surface area contributed by atoms with E-state index in [4.69, 9.17) is 0 Å². The van der Waals surface area contributed by atoms with Crippen molar-refractivity contribution in [3.05, 3.63) is 48.0 Å². The van der Waals surface area contributed by atoms with Gasteiger partial charge in [-0.1, -0.05) is 6.07 Å². The summed E-state index contributed by atoms with van der Waals surface area (Å²) in [6, 6.07) is 7.48. The van der Waals surface area contributed by atoms with Gasteiger partial charge in [-0.15, -0.1) is 0 Å². The first-order valence-corrected chi connectivity index (χ1v) is 6.94. The largest absolute Gasteiger partial charge is 0.337 e. The lowest BCUT2D eigenvalue weighted by Crippen LogP contribution is -2.39. The zero-order valence-corrected chi connectivity index (χ0v) is 11.6. The Hall–Kier alpha value is -2.17. The highest BCUT2D eigenvalue weighted by atomic mass is 16.2. The quantitative estimate of drug-likeness (QED) is 0.836. The third kappa shape index (κ3) is 2.57. The number of nitrogens with zero attached hydrogens (tertiary/aromatic N) is 4.